The molecule has 0 saturated heterocycles. The molecule has 0 unspecified atom stereocenters. The van der Waals surface area contributed by atoms with Crippen LogP contribution in [0.5, 0.6) is 0 Å². The van der Waals surface area contributed by atoms with Crippen LogP contribution in [0.4, 0.5) is 0 Å². The predicted octanol–water partition coefficient (Wildman–Crippen LogP) is 1.95. The van der Waals surface area contributed by atoms with Gasteiger partial charge in [0.15, 0.2) is 0 Å². The second kappa shape index (κ2) is 2.84. The fraction of sp³-hybridized carbons (Fsp3) is 0.889. The quantitative estimate of drug-likeness (QED) is 0.619. The van der Waals surface area contributed by atoms with Crippen molar-refractivity contribution in [1.82, 2.24) is 5.32 Å². The zero-order valence-electron chi connectivity index (χ0n) is 8.41. The van der Waals surface area contributed by atoms with Gasteiger partial charge in [0.25, 0.3) is 0 Å². The Kier molecular flexibility index (Phi) is 2.70. The molecule has 0 heterocycles. The summed E-state index contributed by atoms with van der Waals surface area (Å²) < 4.78 is 0. The summed E-state index contributed by atoms with van der Waals surface area (Å²) in [5.41, 5.74) is -0.0441. The molecule has 0 spiro atoms. The van der Waals surface area contributed by atoms with Crippen molar-refractivity contribution in [2.24, 2.45) is 5.41 Å². The molecule has 0 saturated carbocycles. The Morgan fingerprint density at radius 3 is 1.55 bits per heavy atom. The molecule has 2 heteroatoms. The van der Waals surface area contributed by atoms with Gasteiger partial charge in [-0.1, -0.05) is 20.8 Å². The van der Waals surface area contributed by atoms with Crippen molar-refractivity contribution in [2.75, 3.05) is 0 Å². The summed E-state index contributed by atoms with van der Waals surface area (Å²) in [6.45, 7) is 12.0. The molecule has 0 radical (unpaired) electrons. The number of carbonyl (C=O) groups is 1. The number of hydrogen-bond donors (Lipinski definition) is 1. The molecule has 0 bridgehead atoms. The lowest BCUT2D eigenvalue weighted by molar-refractivity contribution is -0.121. The van der Waals surface area contributed by atoms with E-state index in [1.165, 1.54) is 0 Å². The van der Waals surface area contributed by atoms with E-state index in [1.54, 1.807) is 6.92 Å². The van der Waals surface area contributed by atoms with Gasteiger partial charge < -0.3 is 5.32 Å². The fourth-order valence-corrected chi connectivity index (χ4v) is 0.628. The van der Waals surface area contributed by atoms with E-state index in [2.05, 4.69) is 26.1 Å². The third-order valence-electron chi connectivity index (χ3n) is 2.36. The minimum Gasteiger partial charge on any atom is -0.351 e. The number of amides is 1. The maximum atomic E-state index is 10.8. The second-order valence-electron chi connectivity index (χ2n) is 4.56. The van der Waals surface area contributed by atoms with E-state index < -0.39 is 0 Å². The molecule has 0 aromatic heterocycles. The first-order valence-corrected chi connectivity index (χ1v) is 3.95. The largest absolute Gasteiger partial charge is 0.351 e. The minimum absolute atomic E-state index is 0.0323. The van der Waals surface area contributed by atoms with Gasteiger partial charge in [-0.15, -0.1) is 0 Å². The molecule has 0 aromatic carbocycles. The average molecular weight is 157 g/mol. The molecule has 0 rings (SSSR count). The highest BCUT2D eigenvalue weighted by Gasteiger charge is 2.32. The summed E-state index contributed by atoms with van der Waals surface area (Å²) in [6.07, 6.45) is 0. The van der Waals surface area contributed by atoms with E-state index in [9.17, 15) is 4.79 Å². The van der Waals surface area contributed by atoms with E-state index in [4.69, 9.17) is 0 Å². The summed E-state index contributed by atoms with van der Waals surface area (Å²) in [5, 5.41) is 2.92. The molecule has 1 N–H and O–H groups in total. The highest BCUT2D eigenvalue weighted by molar-refractivity contribution is 5.73. The molecule has 0 atom stereocenters. The number of rotatable bonds is 1. The summed E-state index contributed by atoms with van der Waals surface area (Å²) in [7, 11) is 0. The molecule has 1 amide bonds. The number of nitrogens with one attached hydrogen (secondary N) is 1. The van der Waals surface area contributed by atoms with Gasteiger partial charge in [0.2, 0.25) is 5.91 Å². The minimum atomic E-state index is -0.140. The van der Waals surface area contributed by atoms with Crippen LogP contribution in [0, 0.1) is 5.41 Å². The SMILES string of the molecule is CC(=O)NC(C)(C)C(C)(C)C. The first-order valence-electron chi connectivity index (χ1n) is 3.95. The second-order valence-corrected chi connectivity index (χ2v) is 4.56. The van der Waals surface area contributed by atoms with Gasteiger partial charge in [0.05, 0.1) is 0 Å². The van der Waals surface area contributed by atoms with Crippen molar-refractivity contribution in [3.8, 4) is 0 Å². The van der Waals surface area contributed by atoms with E-state index in [0.717, 1.165) is 0 Å². The number of carbonyl (C=O) groups excluding carboxylic acids is 1. The Morgan fingerprint density at radius 2 is 1.45 bits per heavy atom. The zero-order valence-corrected chi connectivity index (χ0v) is 8.41. The molecule has 11 heavy (non-hydrogen) atoms. The molecule has 0 aliphatic rings. The van der Waals surface area contributed by atoms with Gasteiger partial charge in [0, 0.05) is 12.5 Å². The predicted molar refractivity (Wildman–Crippen MR) is 47.4 cm³/mol. The average Bonchev–Trinajstić information content (AvgIpc) is 1.56. The van der Waals surface area contributed by atoms with Crippen LogP contribution < -0.4 is 5.32 Å². The molecule has 0 fully saturated rings. The van der Waals surface area contributed by atoms with Gasteiger partial charge >= 0.3 is 0 Å². The third kappa shape index (κ3) is 2.91. The molecular weight excluding hydrogens is 138 g/mol. The molecule has 0 aliphatic heterocycles. The van der Waals surface area contributed by atoms with Crippen LogP contribution in [0.2, 0.25) is 0 Å². The molecule has 2 nitrogen and oxygen atoms in total. The topological polar surface area (TPSA) is 29.1 Å². The Labute approximate surface area is 69.4 Å². The Hall–Kier alpha value is -0.530. The van der Waals surface area contributed by atoms with Crippen molar-refractivity contribution in [3.05, 3.63) is 0 Å². The van der Waals surface area contributed by atoms with Crippen LogP contribution >= 0.6 is 0 Å². The fourth-order valence-electron chi connectivity index (χ4n) is 0.628. The third-order valence-corrected chi connectivity index (χ3v) is 2.36. The van der Waals surface area contributed by atoms with Gasteiger partial charge in [-0.2, -0.15) is 0 Å². The highest BCUT2D eigenvalue weighted by atomic mass is 16.1. The lowest BCUT2D eigenvalue weighted by atomic mass is 9.76. The van der Waals surface area contributed by atoms with Crippen LogP contribution in [0.15, 0.2) is 0 Å². The molecular formula is C9H19NO. The Balaban J connectivity index is 4.34. The van der Waals surface area contributed by atoms with Crippen LogP contribution in [0.3, 0.4) is 0 Å². The van der Waals surface area contributed by atoms with Gasteiger partial charge in [-0.3, -0.25) is 4.79 Å². The molecule has 0 aromatic rings. The van der Waals surface area contributed by atoms with E-state index >= 15 is 0 Å². The first kappa shape index (κ1) is 10.5. The zero-order chi connectivity index (χ0) is 9.28. The van der Waals surface area contributed by atoms with Crippen LogP contribution in [-0.4, -0.2) is 11.4 Å². The Morgan fingerprint density at radius 1 is 1.09 bits per heavy atom. The molecule has 66 valence electrons. The maximum Gasteiger partial charge on any atom is 0.217 e. The van der Waals surface area contributed by atoms with Crippen LogP contribution in [0.1, 0.15) is 41.5 Å². The summed E-state index contributed by atoms with van der Waals surface area (Å²) in [5.74, 6) is 0.0323. The van der Waals surface area contributed by atoms with E-state index in [-0.39, 0.29) is 16.9 Å². The van der Waals surface area contributed by atoms with Crippen molar-refractivity contribution < 1.29 is 4.79 Å². The highest BCUT2D eigenvalue weighted by Crippen LogP contribution is 2.28. The van der Waals surface area contributed by atoms with Crippen LogP contribution in [-0.2, 0) is 4.79 Å². The van der Waals surface area contributed by atoms with E-state index in [1.807, 2.05) is 13.8 Å². The molecule has 0 aliphatic carbocycles. The van der Waals surface area contributed by atoms with Crippen molar-refractivity contribution in [1.29, 1.82) is 0 Å². The van der Waals surface area contributed by atoms with Gasteiger partial charge in [-0.05, 0) is 19.3 Å². The first-order chi connectivity index (χ1) is 4.67. The normalized spacial score (nSPS) is 12.9. The lowest BCUT2D eigenvalue weighted by Crippen LogP contribution is -2.51. The number of hydrogen-bond acceptors (Lipinski definition) is 1. The summed E-state index contributed by atoms with van der Waals surface area (Å²) in [6, 6.07) is 0. The summed E-state index contributed by atoms with van der Waals surface area (Å²) >= 11 is 0. The maximum absolute atomic E-state index is 10.8. The van der Waals surface area contributed by atoms with Crippen molar-refractivity contribution in [2.45, 2.75) is 47.1 Å². The van der Waals surface area contributed by atoms with Crippen molar-refractivity contribution in [3.63, 3.8) is 0 Å². The van der Waals surface area contributed by atoms with Crippen LogP contribution in [0.25, 0.3) is 0 Å². The van der Waals surface area contributed by atoms with Gasteiger partial charge in [-0.25, -0.2) is 0 Å². The summed E-state index contributed by atoms with van der Waals surface area (Å²) in [4.78, 5) is 10.8. The van der Waals surface area contributed by atoms with Gasteiger partial charge in [0.1, 0.15) is 0 Å². The Bertz CT molecular complexity index is 153. The monoisotopic (exact) mass is 157 g/mol. The standard InChI is InChI=1S/C9H19NO/c1-7(11)10-9(5,6)8(2,3)4/h1-6H3,(H,10,11). The lowest BCUT2D eigenvalue weighted by Gasteiger charge is -2.39. The van der Waals surface area contributed by atoms with E-state index in [0.29, 0.717) is 0 Å². The smallest absolute Gasteiger partial charge is 0.217 e. The van der Waals surface area contributed by atoms with Crippen molar-refractivity contribution >= 4 is 5.91 Å².